The molecule has 1 aromatic rings. The Balaban J connectivity index is 2.39. The molecule has 1 rings (SSSR count). The first-order chi connectivity index (χ1) is 8.47. The lowest BCUT2D eigenvalue weighted by Gasteiger charge is -2.17. The second-order valence-electron chi connectivity index (χ2n) is 4.99. The van der Waals surface area contributed by atoms with E-state index in [1.165, 1.54) is 0 Å². The summed E-state index contributed by atoms with van der Waals surface area (Å²) in [5.74, 6) is 0.865. The topological polar surface area (TPSA) is 44.7 Å². The van der Waals surface area contributed by atoms with Gasteiger partial charge in [0.2, 0.25) is 0 Å². The number of nitrogens with one attached hydrogen (secondary N) is 1. The van der Waals surface area contributed by atoms with Gasteiger partial charge < -0.3 is 20.1 Å². The number of aliphatic hydroxyl groups is 1. The van der Waals surface area contributed by atoms with Gasteiger partial charge in [0.05, 0.1) is 12.2 Å². The number of nitrogens with zero attached hydrogens (tertiary/aromatic N) is 1. The van der Waals surface area contributed by atoms with E-state index in [2.05, 4.69) is 5.32 Å². The highest BCUT2D eigenvalue weighted by Gasteiger charge is 2.05. The molecule has 18 heavy (non-hydrogen) atoms. The largest absolute Gasteiger partial charge is 0.491 e. The molecule has 0 amide bonds. The standard InChI is InChI=1S/C14H24N2O2/c1-11(2)18-14-7-5-12(6-8-14)15-9-13(17)10-16(3)4/h5-8,11,13,15,17H,9-10H2,1-4H3. The number of rotatable bonds is 7. The summed E-state index contributed by atoms with van der Waals surface area (Å²) >= 11 is 0. The van der Waals surface area contributed by atoms with Gasteiger partial charge in [-0.3, -0.25) is 0 Å². The molecule has 4 nitrogen and oxygen atoms in total. The van der Waals surface area contributed by atoms with Gasteiger partial charge in [-0.15, -0.1) is 0 Å². The fraction of sp³-hybridized carbons (Fsp3) is 0.571. The molecule has 1 atom stereocenters. The Morgan fingerprint density at radius 1 is 1.22 bits per heavy atom. The van der Waals surface area contributed by atoms with Gasteiger partial charge >= 0.3 is 0 Å². The van der Waals surface area contributed by atoms with Gasteiger partial charge in [0, 0.05) is 18.8 Å². The molecule has 1 aromatic carbocycles. The molecule has 4 heteroatoms. The quantitative estimate of drug-likeness (QED) is 0.777. The maximum absolute atomic E-state index is 9.73. The summed E-state index contributed by atoms with van der Waals surface area (Å²) in [6.07, 6.45) is -0.183. The molecule has 0 saturated heterocycles. The van der Waals surface area contributed by atoms with E-state index in [0.29, 0.717) is 13.1 Å². The van der Waals surface area contributed by atoms with Crippen LogP contribution in [0.1, 0.15) is 13.8 Å². The minimum absolute atomic E-state index is 0.186. The minimum atomic E-state index is -0.369. The van der Waals surface area contributed by atoms with Crippen LogP contribution < -0.4 is 10.1 Å². The van der Waals surface area contributed by atoms with Crippen molar-refractivity contribution < 1.29 is 9.84 Å². The average molecular weight is 252 g/mol. The summed E-state index contributed by atoms with van der Waals surface area (Å²) < 4.78 is 5.56. The van der Waals surface area contributed by atoms with Crippen molar-refractivity contribution in [1.29, 1.82) is 0 Å². The van der Waals surface area contributed by atoms with Gasteiger partial charge in [0.1, 0.15) is 5.75 Å². The zero-order valence-corrected chi connectivity index (χ0v) is 11.7. The van der Waals surface area contributed by atoms with Gasteiger partial charge in [-0.25, -0.2) is 0 Å². The third-order valence-corrected chi connectivity index (χ3v) is 2.34. The second kappa shape index (κ2) is 7.24. The fourth-order valence-electron chi connectivity index (χ4n) is 1.65. The molecule has 102 valence electrons. The van der Waals surface area contributed by atoms with Crippen molar-refractivity contribution >= 4 is 5.69 Å². The highest BCUT2D eigenvalue weighted by Crippen LogP contribution is 2.16. The van der Waals surface area contributed by atoms with Crippen LogP contribution in [-0.2, 0) is 0 Å². The van der Waals surface area contributed by atoms with E-state index in [-0.39, 0.29) is 12.2 Å². The summed E-state index contributed by atoms with van der Waals surface area (Å²) in [7, 11) is 3.89. The average Bonchev–Trinajstić information content (AvgIpc) is 2.26. The van der Waals surface area contributed by atoms with Crippen molar-refractivity contribution in [2.45, 2.75) is 26.1 Å². The molecule has 0 bridgehead atoms. The Bertz CT molecular complexity index is 336. The van der Waals surface area contributed by atoms with Crippen LogP contribution in [0.25, 0.3) is 0 Å². The van der Waals surface area contributed by atoms with E-state index in [9.17, 15) is 5.11 Å². The van der Waals surface area contributed by atoms with Gasteiger partial charge in [0.25, 0.3) is 0 Å². The molecule has 0 saturated carbocycles. The number of benzene rings is 1. The predicted octanol–water partition coefficient (Wildman–Crippen LogP) is 1.81. The molecule has 0 radical (unpaired) electrons. The van der Waals surface area contributed by atoms with Crippen molar-refractivity contribution in [1.82, 2.24) is 4.90 Å². The number of aliphatic hydroxyl groups excluding tert-OH is 1. The molecule has 2 N–H and O–H groups in total. The van der Waals surface area contributed by atoms with E-state index >= 15 is 0 Å². The molecular weight excluding hydrogens is 228 g/mol. The van der Waals surface area contributed by atoms with Crippen molar-refractivity contribution in [2.24, 2.45) is 0 Å². The molecule has 0 fully saturated rings. The summed E-state index contributed by atoms with van der Waals surface area (Å²) in [5.41, 5.74) is 0.990. The highest BCUT2D eigenvalue weighted by atomic mass is 16.5. The lowest BCUT2D eigenvalue weighted by atomic mass is 10.2. The Morgan fingerprint density at radius 2 is 1.83 bits per heavy atom. The first-order valence-electron chi connectivity index (χ1n) is 6.30. The molecule has 1 unspecified atom stereocenters. The molecule has 0 spiro atoms. The lowest BCUT2D eigenvalue weighted by Crippen LogP contribution is -2.31. The first kappa shape index (κ1) is 14.8. The van der Waals surface area contributed by atoms with Crippen LogP contribution in [0.5, 0.6) is 5.75 Å². The minimum Gasteiger partial charge on any atom is -0.491 e. The first-order valence-corrected chi connectivity index (χ1v) is 6.30. The van der Waals surface area contributed by atoms with Gasteiger partial charge in [-0.2, -0.15) is 0 Å². The number of hydrogen-bond acceptors (Lipinski definition) is 4. The Morgan fingerprint density at radius 3 is 2.33 bits per heavy atom. The molecule has 0 aliphatic carbocycles. The number of likely N-dealkylation sites (N-methyl/N-ethyl adjacent to an activating group) is 1. The zero-order chi connectivity index (χ0) is 13.5. The maximum Gasteiger partial charge on any atom is 0.119 e. The number of anilines is 1. The molecule has 0 aliphatic heterocycles. The summed E-state index contributed by atoms with van der Waals surface area (Å²) in [5, 5.41) is 12.9. The summed E-state index contributed by atoms with van der Waals surface area (Å²) in [6, 6.07) is 7.78. The maximum atomic E-state index is 9.73. The van der Waals surface area contributed by atoms with Crippen molar-refractivity contribution in [2.75, 3.05) is 32.5 Å². The van der Waals surface area contributed by atoms with Crippen LogP contribution in [0.2, 0.25) is 0 Å². The van der Waals surface area contributed by atoms with Crippen molar-refractivity contribution in [3.8, 4) is 5.75 Å². The van der Waals surface area contributed by atoms with Crippen LogP contribution >= 0.6 is 0 Å². The second-order valence-corrected chi connectivity index (χ2v) is 4.99. The van der Waals surface area contributed by atoms with Crippen molar-refractivity contribution in [3.63, 3.8) is 0 Å². The van der Waals surface area contributed by atoms with Crippen LogP contribution in [0, 0.1) is 0 Å². The number of hydrogen-bond donors (Lipinski definition) is 2. The summed E-state index contributed by atoms with van der Waals surface area (Å²) in [6.45, 7) is 5.21. The van der Waals surface area contributed by atoms with Crippen LogP contribution in [0.4, 0.5) is 5.69 Å². The molecule has 0 aliphatic rings. The van der Waals surface area contributed by atoms with Crippen molar-refractivity contribution in [3.05, 3.63) is 24.3 Å². The number of ether oxygens (including phenoxy) is 1. The van der Waals surface area contributed by atoms with Gasteiger partial charge in [-0.1, -0.05) is 0 Å². The van der Waals surface area contributed by atoms with Gasteiger partial charge in [0.15, 0.2) is 0 Å². The summed E-state index contributed by atoms with van der Waals surface area (Å²) in [4.78, 5) is 1.96. The predicted molar refractivity (Wildman–Crippen MR) is 75.3 cm³/mol. The van der Waals surface area contributed by atoms with E-state index in [4.69, 9.17) is 4.74 Å². The smallest absolute Gasteiger partial charge is 0.119 e. The molecule has 0 aromatic heterocycles. The third kappa shape index (κ3) is 5.89. The zero-order valence-electron chi connectivity index (χ0n) is 11.7. The Labute approximate surface area is 110 Å². The SMILES string of the molecule is CC(C)Oc1ccc(NCC(O)CN(C)C)cc1. The van der Waals surface area contributed by atoms with E-state index in [0.717, 1.165) is 11.4 Å². The lowest BCUT2D eigenvalue weighted by molar-refractivity contribution is 0.148. The molecule has 0 heterocycles. The fourth-order valence-corrected chi connectivity index (χ4v) is 1.65. The van der Waals surface area contributed by atoms with E-state index < -0.39 is 0 Å². The van der Waals surface area contributed by atoms with Crippen LogP contribution in [0.3, 0.4) is 0 Å². The monoisotopic (exact) mass is 252 g/mol. The van der Waals surface area contributed by atoms with Gasteiger partial charge in [-0.05, 0) is 52.2 Å². The van der Waals surface area contributed by atoms with E-state index in [1.54, 1.807) is 0 Å². The Hall–Kier alpha value is -1.26. The van der Waals surface area contributed by atoms with E-state index in [1.807, 2.05) is 57.1 Å². The Kier molecular flexibility index (Phi) is 5.95. The van der Waals surface area contributed by atoms with Crippen LogP contribution in [-0.4, -0.2) is 49.4 Å². The normalized spacial score (nSPS) is 12.8. The van der Waals surface area contributed by atoms with Crippen LogP contribution in [0.15, 0.2) is 24.3 Å². The highest BCUT2D eigenvalue weighted by molar-refractivity contribution is 5.46. The molecular formula is C14H24N2O2. The third-order valence-electron chi connectivity index (χ3n) is 2.34.